The minimum absolute atomic E-state index is 0.0312. The number of benzene rings is 2. The summed E-state index contributed by atoms with van der Waals surface area (Å²) in [5, 5.41) is 2.87. The number of anilines is 1. The van der Waals surface area contributed by atoms with Crippen LogP contribution < -0.4 is 10.1 Å². The maximum absolute atomic E-state index is 12.1. The number of hydrogen-bond acceptors (Lipinski definition) is 3. The van der Waals surface area contributed by atoms with Crippen molar-refractivity contribution >= 4 is 17.5 Å². The van der Waals surface area contributed by atoms with Crippen LogP contribution in [0.2, 0.25) is 0 Å². The van der Waals surface area contributed by atoms with E-state index in [1.165, 1.54) is 6.92 Å². The predicted molar refractivity (Wildman–Crippen MR) is 103 cm³/mol. The molecule has 0 spiro atoms. The van der Waals surface area contributed by atoms with Crippen LogP contribution in [0.1, 0.15) is 24.5 Å². The maximum Gasteiger partial charge on any atom is 0.226 e. The molecule has 0 aliphatic carbocycles. The summed E-state index contributed by atoms with van der Waals surface area (Å²) in [7, 11) is 1.63. The largest absolute Gasteiger partial charge is 0.497 e. The van der Waals surface area contributed by atoms with Crippen molar-refractivity contribution in [1.29, 1.82) is 0 Å². The molecule has 2 aromatic rings. The molecule has 2 aromatic carbocycles. The second-order valence-electron chi connectivity index (χ2n) is 6.28. The molecule has 0 aliphatic rings. The van der Waals surface area contributed by atoms with Gasteiger partial charge in [0.15, 0.2) is 0 Å². The predicted octanol–water partition coefficient (Wildman–Crippen LogP) is 3.42. The molecule has 2 rings (SSSR count). The van der Waals surface area contributed by atoms with Gasteiger partial charge in [0.1, 0.15) is 5.75 Å². The van der Waals surface area contributed by atoms with Gasteiger partial charge in [-0.25, -0.2) is 0 Å². The highest BCUT2D eigenvalue weighted by Gasteiger charge is 2.12. The molecule has 138 valence electrons. The molecule has 0 bridgehead atoms. The number of carbonyl (C=O) groups is 2. The second kappa shape index (κ2) is 9.61. The van der Waals surface area contributed by atoms with Gasteiger partial charge in [-0.2, -0.15) is 0 Å². The molecule has 0 saturated carbocycles. The van der Waals surface area contributed by atoms with Gasteiger partial charge in [0.2, 0.25) is 11.8 Å². The van der Waals surface area contributed by atoms with E-state index in [-0.39, 0.29) is 18.2 Å². The third-order valence-corrected chi connectivity index (χ3v) is 4.16. The van der Waals surface area contributed by atoms with E-state index in [0.717, 1.165) is 29.0 Å². The Hall–Kier alpha value is -2.82. The number of hydrogen-bond donors (Lipinski definition) is 1. The van der Waals surface area contributed by atoms with Crippen molar-refractivity contribution in [3.05, 3.63) is 59.7 Å². The molecule has 5 nitrogen and oxygen atoms in total. The van der Waals surface area contributed by atoms with Crippen molar-refractivity contribution in [1.82, 2.24) is 4.90 Å². The van der Waals surface area contributed by atoms with Crippen molar-refractivity contribution in [2.24, 2.45) is 0 Å². The monoisotopic (exact) mass is 354 g/mol. The minimum atomic E-state index is -0.0942. The number of nitrogens with zero attached hydrogens (tertiary/aromatic N) is 1. The first-order chi connectivity index (χ1) is 12.5. The van der Waals surface area contributed by atoms with E-state index < -0.39 is 0 Å². The van der Waals surface area contributed by atoms with Crippen LogP contribution in [0.4, 0.5) is 5.69 Å². The molecule has 2 amide bonds. The van der Waals surface area contributed by atoms with E-state index in [1.54, 1.807) is 12.0 Å². The standard InChI is InChI=1S/C21H26N2O3/c1-16-6-4-8-19(14-16)22-21(25)11-13-23(17(2)24)12-10-18-7-5-9-20(15-18)26-3/h4-9,14-15H,10-13H2,1-3H3,(H,22,25). The fourth-order valence-corrected chi connectivity index (χ4v) is 2.70. The topological polar surface area (TPSA) is 58.6 Å². The molecular formula is C21H26N2O3. The molecule has 1 N–H and O–H groups in total. The molecule has 0 fully saturated rings. The third kappa shape index (κ3) is 6.24. The molecule has 0 aromatic heterocycles. The van der Waals surface area contributed by atoms with Gasteiger partial charge in [-0.05, 0) is 48.7 Å². The van der Waals surface area contributed by atoms with Crippen LogP contribution >= 0.6 is 0 Å². The van der Waals surface area contributed by atoms with Gasteiger partial charge in [0.25, 0.3) is 0 Å². The van der Waals surface area contributed by atoms with Gasteiger partial charge in [0, 0.05) is 32.1 Å². The van der Waals surface area contributed by atoms with Gasteiger partial charge in [-0.3, -0.25) is 9.59 Å². The number of ether oxygens (including phenoxy) is 1. The Morgan fingerprint density at radius 1 is 1.08 bits per heavy atom. The molecule has 0 unspecified atom stereocenters. The van der Waals surface area contributed by atoms with Crippen molar-refractivity contribution in [2.75, 3.05) is 25.5 Å². The summed E-state index contributed by atoms with van der Waals surface area (Å²) >= 11 is 0. The third-order valence-electron chi connectivity index (χ3n) is 4.16. The van der Waals surface area contributed by atoms with Gasteiger partial charge in [-0.15, -0.1) is 0 Å². The lowest BCUT2D eigenvalue weighted by Gasteiger charge is -2.21. The molecule has 0 saturated heterocycles. The fraction of sp³-hybridized carbons (Fsp3) is 0.333. The lowest BCUT2D eigenvalue weighted by molar-refractivity contribution is -0.129. The summed E-state index contributed by atoms with van der Waals surface area (Å²) in [5.41, 5.74) is 2.96. The fourth-order valence-electron chi connectivity index (χ4n) is 2.70. The number of nitrogens with one attached hydrogen (secondary N) is 1. The van der Waals surface area contributed by atoms with E-state index >= 15 is 0 Å². The van der Waals surface area contributed by atoms with Crippen LogP contribution in [-0.4, -0.2) is 36.9 Å². The van der Waals surface area contributed by atoms with E-state index in [4.69, 9.17) is 4.74 Å². The highest BCUT2D eigenvalue weighted by atomic mass is 16.5. The lowest BCUT2D eigenvalue weighted by Crippen LogP contribution is -2.33. The first kappa shape index (κ1) is 19.5. The molecule has 5 heteroatoms. The minimum Gasteiger partial charge on any atom is -0.497 e. The average Bonchev–Trinajstić information content (AvgIpc) is 2.61. The smallest absolute Gasteiger partial charge is 0.226 e. The molecule has 0 radical (unpaired) electrons. The quantitative estimate of drug-likeness (QED) is 0.790. The molecule has 26 heavy (non-hydrogen) atoms. The molecular weight excluding hydrogens is 328 g/mol. The van der Waals surface area contributed by atoms with E-state index in [9.17, 15) is 9.59 Å². The Morgan fingerprint density at radius 3 is 2.54 bits per heavy atom. The Kier molecular flexibility index (Phi) is 7.21. The van der Waals surface area contributed by atoms with E-state index in [0.29, 0.717) is 13.1 Å². The van der Waals surface area contributed by atoms with E-state index in [2.05, 4.69) is 5.32 Å². The zero-order chi connectivity index (χ0) is 18.9. The summed E-state index contributed by atoms with van der Waals surface area (Å²) < 4.78 is 5.22. The molecule has 0 atom stereocenters. The highest BCUT2D eigenvalue weighted by molar-refractivity contribution is 5.91. The van der Waals surface area contributed by atoms with Crippen molar-refractivity contribution in [3.63, 3.8) is 0 Å². The van der Waals surface area contributed by atoms with Gasteiger partial charge in [-0.1, -0.05) is 24.3 Å². The van der Waals surface area contributed by atoms with Crippen LogP contribution in [0.3, 0.4) is 0 Å². The van der Waals surface area contributed by atoms with Crippen molar-refractivity contribution < 1.29 is 14.3 Å². The Bertz CT molecular complexity index is 758. The maximum atomic E-state index is 12.1. The second-order valence-corrected chi connectivity index (χ2v) is 6.28. The van der Waals surface area contributed by atoms with Gasteiger partial charge >= 0.3 is 0 Å². The van der Waals surface area contributed by atoms with Crippen LogP contribution in [-0.2, 0) is 16.0 Å². The first-order valence-electron chi connectivity index (χ1n) is 8.73. The molecule has 0 aliphatic heterocycles. The molecule has 0 heterocycles. The summed E-state index contributed by atoms with van der Waals surface area (Å²) in [6.07, 6.45) is 0.988. The number of aryl methyl sites for hydroxylation is 1. The highest BCUT2D eigenvalue weighted by Crippen LogP contribution is 2.14. The van der Waals surface area contributed by atoms with E-state index in [1.807, 2.05) is 55.5 Å². The number of methoxy groups -OCH3 is 1. The Labute approximate surface area is 155 Å². The van der Waals surface area contributed by atoms with Crippen molar-refractivity contribution in [2.45, 2.75) is 26.7 Å². The SMILES string of the molecule is COc1cccc(CCN(CCC(=O)Nc2cccc(C)c2)C(C)=O)c1. The zero-order valence-electron chi connectivity index (χ0n) is 15.6. The Morgan fingerprint density at radius 2 is 1.85 bits per heavy atom. The zero-order valence-corrected chi connectivity index (χ0v) is 15.6. The summed E-state index contributed by atoms with van der Waals surface area (Å²) in [4.78, 5) is 25.7. The normalized spacial score (nSPS) is 10.3. The first-order valence-corrected chi connectivity index (χ1v) is 8.73. The summed E-state index contributed by atoms with van der Waals surface area (Å²) in [5.74, 6) is 0.675. The lowest BCUT2D eigenvalue weighted by atomic mass is 10.1. The van der Waals surface area contributed by atoms with Crippen LogP contribution in [0.5, 0.6) is 5.75 Å². The van der Waals surface area contributed by atoms with Crippen LogP contribution in [0.25, 0.3) is 0 Å². The van der Waals surface area contributed by atoms with Crippen molar-refractivity contribution in [3.8, 4) is 5.75 Å². The van der Waals surface area contributed by atoms with Gasteiger partial charge < -0.3 is 15.0 Å². The average molecular weight is 354 g/mol. The van der Waals surface area contributed by atoms with Crippen LogP contribution in [0, 0.1) is 6.92 Å². The number of rotatable bonds is 8. The van der Waals surface area contributed by atoms with Gasteiger partial charge in [0.05, 0.1) is 7.11 Å². The number of carbonyl (C=O) groups excluding carboxylic acids is 2. The summed E-state index contributed by atoms with van der Waals surface area (Å²) in [6.45, 7) is 4.48. The van der Waals surface area contributed by atoms with Crippen LogP contribution in [0.15, 0.2) is 48.5 Å². The number of amides is 2. The Balaban J connectivity index is 1.85. The summed E-state index contributed by atoms with van der Waals surface area (Å²) in [6, 6.07) is 15.4.